The van der Waals surface area contributed by atoms with Gasteiger partial charge in [-0.25, -0.2) is 8.42 Å². The summed E-state index contributed by atoms with van der Waals surface area (Å²) in [6, 6.07) is 6.94. The Bertz CT molecular complexity index is 715. The van der Waals surface area contributed by atoms with Gasteiger partial charge in [0.2, 0.25) is 0 Å². The van der Waals surface area contributed by atoms with Crippen LogP contribution >= 0.6 is 31.9 Å². The molecule has 8 heteroatoms. The lowest BCUT2D eigenvalue weighted by molar-refractivity contribution is 0.600. The van der Waals surface area contributed by atoms with Gasteiger partial charge in [0.1, 0.15) is 4.90 Å². The minimum absolute atomic E-state index is 0.201. The summed E-state index contributed by atoms with van der Waals surface area (Å²) >= 11 is 6.67. The van der Waals surface area contributed by atoms with E-state index >= 15 is 0 Å². The molecule has 0 aliphatic carbocycles. The molecule has 114 valence electrons. The van der Waals surface area contributed by atoms with Crippen molar-refractivity contribution in [3.05, 3.63) is 45.1 Å². The molecule has 0 fully saturated rings. The molecule has 0 aliphatic heterocycles. The summed E-state index contributed by atoms with van der Waals surface area (Å²) in [5.74, 6) is 0. The molecule has 0 saturated heterocycles. The van der Waals surface area contributed by atoms with E-state index in [1.165, 1.54) is 0 Å². The second-order valence-corrected chi connectivity index (χ2v) is 7.75. The first-order valence-corrected chi connectivity index (χ1v) is 9.32. The third-order valence-corrected chi connectivity index (χ3v) is 5.66. The molecule has 21 heavy (non-hydrogen) atoms. The molecule has 5 nitrogen and oxygen atoms in total. The Morgan fingerprint density at radius 2 is 1.90 bits per heavy atom. The van der Waals surface area contributed by atoms with Gasteiger partial charge in [-0.2, -0.15) is 0 Å². The molecule has 0 spiro atoms. The number of aromatic nitrogens is 1. The molecule has 1 aromatic heterocycles. The first kappa shape index (κ1) is 16.5. The molecule has 0 unspecified atom stereocenters. The van der Waals surface area contributed by atoms with Crippen molar-refractivity contribution in [3.63, 3.8) is 0 Å². The molecule has 0 radical (unpaired) electrons. The number of nitrogens with two attached hydrogens (primary N) is 1. The Labute approximate surface area is 140 Å². The van der Waals surface area contributed by atoms with Crippen LogP contribution in [0.2, 0.25) is 0 Å². The standard InChI is InChI=1S/C13H15Br2N3O2S/c1-2-18-8-10(6-9(18)7-16)21(19,20)17-13-11(14)4-3-5-12(13)15/h3-6,8,17H,2,7,16H2,1H3. The van der Waals surface area contributed by atoms with Crippen molar-refractivity contribution < 1.29 is 8.42 Å². The number of para-hydroxylation sites is 1. The van der Waals surface area contributed by atoms with Crippen LogP contribution in [-0.2, 0) is 23.1 Å². The summed E-state index contributed by atoms with van der Waals surface area (Å²) in [5, 5.41) is 0. The Hall–Kier alpha value is -0.830. The molecular weight excluding hydrogens is 422 g/mol. The highest BCUT2D eigenvalue weighted by atomic mass is 79.9. The predicted molar refractivity (Wildman–Crippen MR) is 90.6 cm³/mol. The smallest absolute Gasteiger partial charge is 0.263 e. The van der Waals surface area contributed by atoms with Crippen molar-refractivity contribution in [2.24, 2.45) is 5.73 Å². The van der Waals surface area contributed by atoms with Gasteiger partial charge < -0.3 is 10.3 Å². The normalized spacial score (nSPS) is 11.6. The lowest BCUT2D eigenvalue weighted by Crippen LogP contribution is -2.13. The van der Waals surface area contributed by atoms with Gasteiger partial charge in [0.25, 0.3) is 10.0 Å². The van der Waals surface area contributed by atoms with Gasteiger partial charge in [0.05, 0.1) is 5.69 Å². The molecule has 2 aromatic rings. The molecule has 0 amide bonds. The van der Waals surface area contributed by atoms with Crippen LogP contribution in [0.3, 0.4) is 0 Å². The van der Waals surface area contributed by atoms with E-state index in [0.717, 1.165) is 5.69 Å². The SMILES string of the molecule is CCn1cc(S(=O)(=O)Nc2c(Br)cccc2Br)cc1CN. The third kappa shape index (κ3) is 3.50. The zero-order valence-corrected chi connectivity index (χ0v) is 15.3. The molecule has 0 atom stereocenters. The Kier molecular flexibility index (Phi) is 5.13. The number of hydrogen-bond acceptors (Lipinski definition) is 3. The van der Waals surface area contributed by atoms with E-state index in [9.17, 15) is 8.42 Å². The fourth-order valence-electron chi connectivity index (χ4n) is 1.93. The number of hydrogen-bond donors (Lipinski definition) is 2. The maximum Gasteiger partial charge on any atom is 0.263 e. The van der Waals surface area contributed by atoms with Crippen molar-refractivity contribution >= 4 is 47.6 Å². The van der Waals surface area contributed by atoms with E-state index in [1.54, 1.807) is 24.4 Å². The quantitative estimate of drug-likeness (QED) is 0.754. The zero-order chi connectivity index (χ0) is 15.6. The summed E-state index contributed by atoms with van der Waals surface area (Å²) in [4.78, 5) is 0.201. The summed E-state index contributed by atoms with van der Waals surface area (Å²) in [6.07, 6.45) is 1.59. The maximum absolute atomic E-state index is 12.5. The number of aryl methyl sites for hydroxylation is 1. The second-order valence-electron chi connectivity index (χ2n) is 4.36. The maximum atomic E-state index is 12.5. The van der Waals surface area contributed by atoms with E-state index in [-0.39, 0.29) is 4.90 Å². The molecule has 3 N–H and O–H groups in total. The van der Waals surface area contributed by atoms with Gasteiger partial charge in [0.15, 0.2) is 0 Å². The summed E-state index contributed by atoms with van der Waals surface area (Å²) in [7, 11) is -3.67. The molecule has 1 aromatic carbocycles. The van der Waals surface area contributed by atoms with Gasteiger partial charge in [0, 0.05) is 33.9 Å². The van der Waals surface area contributed by atoms with Crippen LogP contribution in [0.5, 0.6) is 0 Å². The average molecular weight is 437 g/mol. The minimum Gasteiger partial charge on any atom is -0.349 e. The molecule has 0 aliphatic rings. The first-order valence-electron chi connectivity index (χ1n) is 6.25. The van der Waals surface area contributed by atoms with Crippen LogP contribution < -0.4 is 10.5 Å². The van der Waals surface area contributed by atoms with Crippen molar-refractivity contribution in [1.29, 1.82) is 0 Å². The van der Waals surface area contributed by atoms with Gasteiger partial charge in [-0.05, 0) is 57.0 Å². The van der Waals surface area contributed by atoms with Crippen molar-refractivity contribution in [2.75, 3.05) is 4.72 Å². The topological polar surface area (TPSA) is 77.1 Å². The summed E-state index contributed by atoms with van der Waals surface area (Å²) in [6.45, 7) is 2.90. The van der Waals surface area contributed by atoms with E-state index in [2.05, 4.69) is 36.6 Å². The van der Waals surface area contributed by atoms with Gasteiger partial charge in [-0.3, -0.25) is 4.72 Å². The molecular formula is C13H15Br2N3O2S. The highest BCUT2D eigenvalue weighted by Crippen LogP contribution is 2.32. The number of anilines is 1. The van der Waals surface area contributed by atoms with Gasteiger partial charge >= 0.3 is 0 Å². The fraction of sp³-hybridized carbons (Fsp3) is 0.231. The van der Waals surface area contributed by atoms with Crippen molar-refractivity contribution in [2.45, 2.75) is 24.9 Å². The van der Waals surface area contributed by atoms with E-state index in [4.69, 9.17) is 5.73 Å². The Morgan fingerprint density at radius 3 is 2.38 bits per heavy atom. The molecule has 0 bridgehead atoms. The number of sulfonamides is 1. The zero-order valence-electron chi connectivity index (χ0n) is 11.3. The highest BCUT2D eigenvalue weighted by molar-refractivity contribution is 9.11. The summed E-state index contributed by atoms with van der Waals surface area (Å²) < 4.78 is 30.7. The largest absolute Gasteiger partial charge is 0.349 e. The van der Waals surface area contributed by atoms with Crippen LogP contribution in [0.1, 0.15) is 12.6 Å². The average Bonchev–Trinajstić information content (AvgIpc) is 2.87. The second kappa shape index (κ2) is 6.51. The molecule has 1 heterocycles. The lowest BCUT2D eigenvalue weighted by atomic mass is 10.3. The van der Waals surface area contributed by atoms with Crippen molar-refractivity contribution in [1.82, 2.24) is 4.57 Å². The summed E-state index contributed by atoms with van der Waals surface area (Å²) in [5.41, 5.74) is 6.88. The van der Waals surface area contributed by atoms with E-state index in [0.29, 0.717) is 27.7 Å². The van der Waals surface area contributed by atoms with Gasteiger partial charge in [-0.15, -0.1) is 0 Å². The Balaban J connectivity index is 2.41. The lowest BCUT2D eigenvalue weighted by Gasteiger charge is -2.10. The fourth-order valence-corrected chi connectivity index (χ4v) is 4.55. The molecule has 0 saturated carbocycles. The van der Waals surface area contributed by atoms with E-state index < -0.39 is 10.0 Å². The third-order valence-electron chi connectivity index (χ3n) is 3.02. The first-order chi connectivity index (χ1) is 9.89. The number of rotatable bonds is 5. The number of nitrogens with one attached hydrogen (secondary N) is 1. The van der Waals surface area contributed by atoms with E-state index in [1.807, 2.05) is 17.6 Å². The number of nitrogens with zero attached hydrogens (tertiary/aromatic N) is 1. The monoisotopic (exact) mass is 435 g/mol. The van der Waals surface area contributed by atoms with Crippen molar-refractivity contribution in [3.8, 4) is 0 Å². The van der Waals surface area contributed by atoms with Crippen LogP contribution in [0, 0.1) is 0 Å². The number of halogens is 2. The number of benzene rings is 1. The minimum atomic E-state index is -3.67. The predicted octanol–water partition coefficient (Wildman–Crippen LogP) is 3.29. The van der Waals surface area contributed by atoms with Crippen LogP contribution in [0.15, 0.2) is 44.3 Å². The molecule has 2 rings (SSSR count). The highest BCUT2D eigenvalue weighted by Gasteiger charge is 2.20. The van der Waals surface area contributed by atoms with Crippen LogP contribution in [0.4, 0.5) is 5.69 Å². The Morgan fingerprint density at radius 1 is 1.29 bits per heavy atom. The van der Waals surface area contributed by atoms with Crippen LogP contribution in [-0.4, -0.2) is 13.0 Å². The van der Waals surface area contributed by atoms with Gasteiger partial charge in [-0.1, -0.05) is 6.07 Å². The van der Waals surface area contributed by atoms with Crippen LogP contribution in [0.25, 0.3) is 0 Å².